The predicted molar refractivity (Wildman–Crippen MR) is 138 cm³/mol. The van der Waals surface area contributed by atoms with E-state index in [9.17, 15) is 19.2 Å². The summed E-state index contributed by atoms with van der Waals surface area (Å²) in [7, 11) is 0. The van der Waals surface area contributed by atoms with Crippen molar-refractivity contribution in [1.82, 2.24) is 20.9 Å². The van der Waals surface area contributed by atoms with E-state index in [1.807, 2.05) is 24.3 Å². The number of thiol groups is 1. The molecule has 0 saturated carbocycles. The van der Waals surface area contributed by atoms with Gasteiger partial charge in [0.05, 0.1) is 6.04 Å². The molecule has 3 amide bonds. The molecule has 2 rings (SSSR count). The fraction of sp³-hybridized carbons (Fsp3) is 0.409. The number of nitrogens with two attached hydrogens (primary N) is 3. The minimum Gasteiger partial charge on any atom is -0.480 e. The molecule has 13 nitrogen and oxygen atoms in total. The van der Waals surface area contributed by atoms with Gasteiger partial charge < -0.3 is 43.2 Å². The van der Waals surface area contributed by atoms with Crippen LogP contribution in [0, 0.1) is 0 Å². The van der Waals surface area contributed by atoms with Crippen LogP contribution >= 0.6 is 12.6 Å². The molecule has 14 heteroatoms. The minimum absolute atomic E-state index is 0.0607. The van der Waals surface area contributed by atoms with Gasteiger partial charge in [-0.25, -0.2) is 0 Å². The fourth-order valence-corrected chi connectivity index (χ4v) is 3.67. The Morgan fingerprint density at radius 3 is 2.42 bits per heavy atom. The second kappa shape index (κ2) is 13.9. The van der Waals surface area contributed by atoms with Crippen molar-refractivity contribution in [3.8, 4) is 0 Å². The number of nitrogens with zero attached hydrogens (tertiary/aromatic N) is 1. The number of hydrogen-bond acceptors (Lipinski definition) is 7. The van der Waals surface area contributed by atoms with Crippen molar-refractivity contribution in [3.63, 3.8) is 0 Å². The number of H-pyrrole nitrogens is 1. The number of carbonyl (C=O) groups excluding carboxylic acids is 3. The zero-order chi connectivity index (χ0) is 26.7. The lowest BCUT2D eigenvalue weighted by atomic mass is 10.0. The number of aromatic nitrogens is 1. The number of rotatable bonds is 14. The molecule has 2 aromatic rings. The van der Waals surface area contributed by atoms with Crippen molar-refractivity contribution in [2.24, 2.45) is 22.2 Å². The second-order valence-electron chi connectivity index (χ2n) is 8.04. The lowest BCUT2D eigenvalue weighted by Crippen LogP contribution is -2.57. The van der Waals surface area contributed by atoms with E-state index < -0.39 is 48.4 Å². The van der Waals surface area contributed by atoms with Gasteiger partial charge >= 0.3 is 5.97 Å². The van der Waals surface area contributed by atoms with Crippen molar-refractivity contribution in [2.75, 3.05) is 18.8 Å². The van der Waals surface area contributed by atoms with Gasteiger partial charge in [0.25, 0.3) is 0 Å². The van der Waals surface area contributed by atoms with E-state index in [0.29, 0.717) is 13.0 Å². The number of carboxylic acids is 1. The number of aliphatic carboxylic acids is 1. The highest BCUT2D eigenvalue weighted by molar-refractivity contribution is 7.80. The van der Waals surface area contributed by atoms with E-state index in [2.05, 4.69) is 38.6 Å². The molecule has 1 aromatic heterocycles. The third kappa shape index (κ3) is 8.78. The zero-order valence-electron chi connectivity index (χ0n) is 19.6. The first-order valence-corrected chi connectivity index (χ1v) is 11.8. The number of carbonyl (C=O) groups is 4. The number of para-hydroxylation sites is 1. The van der Waals surface area contributed by atoms with Crippen LogP contribution < -0.4 is 33.2 Å². The summed E-state index contributed by atoms with van der Waals surface area (Å²) in [6, 6.07) is 4.32. The molecule has 0 bridgehead atoms. The maximum Gasteiger partial charge on any atom is 0.322 e. The van der Waals surface area contributed by atoms with Gasteiger partial charge in [-0.05, 0) is 24.5 Å². The van der Waals surface area contributed by atoms with Crippen molar-refractivity contribution in [1.29, 1.82) is 0 Å². The van der Waals surface area contributed by atoms with Crippen molar-refractivity contribution >= 4 is 53.2 Å². The molecule has 0 aliphatic heterocycles. The Hall–Kier alpha value is -3.78. The Kier molecular flexibility index (Phi) is 11.0. The van der Waals surface area contributed by atoms with Crippen LogP contribution in [0.4, 0.5) is 0 Å². The largest absolute Gasteiger partial charge is 0.480 e. The van der Waals surface area contributed by atoms with Gasteiger partial charge in [0, 0.05) is 35.8 Å². The summed E-state index contributed by atoms with van der Waals surface area (Å²) in [5, 5.41) is 17.2. The molecular weight excluding hydrogens is 488 g/mol. The molecular formula is C22H32N8O5S. The molecule has 11 N–H and O–H groups in total. The Balaban J connectivity index is 2.07. The molecule has 3 unspecified atom stereocenters. The van der Waals surface area contributed by atoms with Crippen LogP contribution in [0.15, 0.2) is 35.5 Å². The second-order valence-corrected chi connectivity index (χ2v) is 8.40. The number of nitrogens with one attached hydrogen (secondary N) is 4. The Labute approximate surface area is 213 Å². The minimum atomic E-state index is -1.23. The lowest BCUT2D eigenvalue weighted by molar-refractivity contribution is -0.138. The highest BCUT2D eigenvalue weighted by Crippen LogP contribution is 2.19. The summed E-state index contributed by atoms with van der Waals surface area (Å²) >= 11 is 4.14. The molecule has 0 fully saturated rings. The first kappa shape index (κ1) is 28.5. The summed E-state index contributed by atoms with van der Waals surface area (Å²) in [4.78, 5) is 56.0. The summed E-state index contributed by atoms with van der Waals surface area (Å²) in [5.74, 6) is -3.27. The molecule has 0 aliphatic carbocycles. The third-order valence-corrected chi connectivity index (χ3v) is 5.63. The maximum absolute atomic E-state index is 12.9. The molecule has 3 atom stereocenters. The monoisotopic (exact) mass is 520 g/mol. The standard InChI is InChI=1S/C22H32N8O5S/c23-14(5-3-7-26-22(24)25)19(33)30-17(11-36)21(35)29-16(20(34)28-10-18(31)32)8-12-9-27-15-6-2-1-4-13(12)15/h1-2,4,6,9,14,16-17,27,36H,3,5,7-8,10-11,23H2,(H,28,34)(H,29,35)(H,30,33)(H,31,32)(H4,24,25,26). The number of guanidine groups is 1. The number of amides is 3. The molecule has 0 saturated heterocycles. The maximum atomic E-state index is 12.9. The summed E-state index contributed by atoms with van der Waals surface area (Å²) in [6.07, 6.45) is 2.54. The van der Waals surface area contributed by atoms with Crippen molar-refractivity contribution < 1.29 is 24.3 Å². The van der Waals surface area contributed by atoms with Gasteiger partial charge in [0.15, 0.2) is 5.96 Å². The zero-order valence-corrected chi connectivity index (χ0v) is 20.5. The highest BCUT2D eigenvalue weighted by atomic mass is 32.1. The van der Waals surface area contributed by atoms with Gasteiger partial charge in [-0.15, -0.1) is 0 Å². The molecule has 0 aliphatic rings. The van der Waals surface area contributed by atoms with Crippen LogP contribution in [0.2, 0.25) is 0 Å². The van der Waals surface area contributed by atoms with Gasteiger partial charge in [0.2, 0.25) is 17.7 Å². The van der Waals surface area contributed by atoms with Crippen LogP contribution in [0.3, 0.4) is 0 Å². The van der Waals surface area contributed by atoms with E-state index in [0.717, 1.165) is 16.5 Å². The summed E-state index contributed by atoms with van der Waals surface area (Å²) in [5.41, 5.74) is 18.0. The van der Waals surface area contributed by atoms with Crippen LogP contribution in [-0.4, -0.2) is 76.7 Å². The smallest absolute Gasteiger partial charge is 0.322 e. The predicted octanol–water partition coefficient (Wildman–Crippen LogP) is -1.81. The summed E-state index contributed by atoms with van der Waals surface area (Å²) < 4.78 is 0. The van der Waals surface area contributed by atoms with E-state index in [-0.39, 0.29) is 24.6 Å². The molecule has 36 heavy (non-hydrogen) atoms. The SMILES string of the molecule is NC(N)=NCCCC(N)C(=O)NC(CS)C(=O)NC(Cc1c[nH]c2ccccc12)C(=O)NCC(=O)O. The number of fused-ring (bicyclic) bond motifs is 1. The Bertz CT molecular complexity index is 1100. The normalized spacial score (nSPS) is 13.3. The van der Waals surface area contributed by atoms with Gasteiger partial charge in [-0.3, -0.25) is 24.2 Å². The van der Waals surface area contributed by atoms with Crippen LogP contribution in [0.5, 0.6) is 0 Å². The first-order valence-electron chi connectivity index (χ1n) is 11.2. The summed E-state index contributed by atoms with van der Waals surface area (Å²) in [6.45, 7) is -0.304. The van der Waals surface area contributed by atoms with Crippen LogP contribution in [-0.2, 0) is 25.6 Å². The van der Waals surface area contributed by atoms with Crippen molar-refractivity contribution in [2.45, 2.75) is 37.4 Å². The quantitative estimate of drug-likeness (QED) is 0.0595. The molecule has 1 aromatic carbocycles. The third-order valence-electron chi connectivity index (χ3n) is 5.27. The number of carboxylic acid groups (broad SMARTS) is 1. The lowest BCUT2D eigenvalue weighted by Gasteiger charge is -2.23. The van der Waals surface area contributed by atoms with Crippen LogP contribution in [0.1, 0.15) is 18.4 Å². The van der Waals surface area contributed by atoms with E-state index >= 15 is 0 Å². The number of aromatic amines is 1. The van der Waals surface area contributed by atoms with Crippen molar-refractivity contribution in [3.05, 3.63) is 36.0 Å². The van der Waals surface area contributed by atoms with E-state index in [4.69, 9.17) is 22.3 Å². The highest BCUT2D eigenvalue weighted by Gasteiger charge is 2.28. The average molecular weight is 521 g/mol. The first-order chi connectivity index (χ1) is 17.1. The topological polar surface area (TPSA) is 231 Å². The number of benzene rings is 1. The van der Waals surface area contributed by atoms with Gasteiger partial charge in [-0.2, -0.15) is 12.6 Å². The Morgan fingerprint density at radius 2 is 1.75 bits per heavy atom. The van der Waals surface area contributed by atoms with E-state index in [1.54, 1.807) is 6.20 Å². The average Bonchev–Trinajstić information content (AvgIpc) is 3.25. The van der Waals surface area contributed by atoms with Crippen LogP contribution in [0.25, 0.3) is 10.9 Å². The number of hydrogen-bond donors (Lipinski definition) is 9. The molecule has 0 spiro atoms. The Morgan fingerprint density at radius 1 is 1.06 bits per heavy atom. The fourth-order valence-electron chi connectivity index (χ4n) is 3.41. The number of aliphatic imine (C=N–C) groups is 1. The molecule has 0 radical (unpaired) electrons. The van der Waals surface area contributed by atoms with E-state index in [1.165, 1.54) is 0 Å². The van der Waals surface area contributed by atoms with Gasteiger partial charge in [-0.1, -0.05) is 18.2 Å². The van der Waals surface area contributed by atoms with Gasteiger partial charge in [0.1, 0.15) is 18.6 Å². The molecule has 196 valence electrons. The molecule has 1 heterocycles.